The van der Waals surface area contributed by atoms with Gasteiger partial charge in [0.05, 0.1) is 28.6 Å². The summed E-state index contributed by atoms with van der Waals surface area (Å²) >= 11 is 1.73. The Balaban J connectivity index is 2.69. The highest BCUT2D eigenvalue weighted by Gasteiger charge is 2.09. The minimum atomic E-state index is -0.441. The van der Waals surface area contributed by atoms with E-state index >= 15 is 0 Å². The first-order valence-electron chi connectivity index (χ1n) is 4.15. The molecule has 0 unspecified atom stereocenters. The normalized spacial score (nSPS) is 10.5. The zero-order valence-electron chi connectivity index (χ0n) is 7.85. The highest BCUT2D eigenvalue weighted by atomic mass is 127. The van der Waals surface area contributed by atoms with Crippen LogP contribution in [0.1, 0.15) is 0 Å². The van der Waals surface area contributed by atoms with Crippen molar-refractivity contribution in [2.45, 2.75) is 0 Å². The number of rotatable bonds is 1. The first-order valence-corrected chi connectivity index (χ1v) is 5.12. The largest absolute Gasteiger partial charge is 0.360 e. The number of pyridine rings is 1. The van der Waals surface area contributed by atoms with Crippen LogP contribution in [0.4, 0.5) is 0 Å². The van der Waals surface area contributed by atoms with Crippen molar-refractivity contribution in [1.29, 1.82) is 0 Å². The summed E-state index contributed by atoms with van der Waals surface area (Å²) in [4.78, 5) is 23.0. The zero-order chi connectivity index (χ0) is 11.0. The van der Waals surface area contributed by atoms with Gasteiger partial charge in [0.1, 0.15) is 7.05 Å². The Morgan fingerprint density at radius 2 is 1.93 bits per heavy atom. The van der Waals surface area contributed by atoms with Crippen LogP contribution in [0.2, 0.25) is 0 Å². The lowest BCUT2D eigenvalue weighted by molar-refractivity contribution is -0.671. The van der Waals surface area contributed by atoms with Gasteiger partial charge < -0.3 is 0 Å². The minimum absolute atomic E-state index is 0.394. The van der Waals surface area contributed by atoms with E-state index in [1.165, 1.54) is 0 Å². The summed E-state index contributed by atoms with van der Waals surface area (Å²) in [6, 6.07) is 3.40. The molecule has 0 aliphatic rings. The van der Waals surface area contributed by atoms with Gasteiger partial charge in [0.25, 0.3) is 0 Å². The second-order valence-electron chi connectivity index (χ2n) is 3.04. The molecule has 6 nitrogen and oxygen atoms in total. The molecule has 7 heteroatoms. The predicted octanol–water partition coefficient (Wildman–Crippen LogP) is -0.650. The van der Waals surface area contributed by atoms with E-state index in [0.717, 1.165) is 7.46 Å². The number of H-pyrrole nitrogens is 1. The number of nitrogens with zero attached hydrogens (tertiary/aromatic N) is 3. The van der Waals surface area contributed by atoms with E-state index in [0.29, 0.717) is 5.69 Å². The van der Waals surface area contributed by atoms with Gasteiger partial charge in [0.2, 0.25) is 0 Å². The van der Waals surface area contributed by atoms with E-state index in [1.807, 2.05) is 11.6 Å². The van der Waals surface area contributed by atoms with Gasteiger partial charge in [0, 0.05) is 12.1 Å². The first kappa shape index (κ1) is 10.1. The molecule has 0 aromatic carbocycles. The molecule has 78 valence electrons. The quantitative estimate of drug-likeness (QED) is 0.561. The molecule has 2 rings (SSSR count). The summed E-state index contributed by atoms with van der Waals surface area (Å²) < 4.78 is 4.02. The van der Waals surface area contributed by atoms with Crippen molar-refractivity contribution in [2.24, 2.45) is 7.05 Å². The van der Waals surface area contributed by atoms with E-state index in [9.17, 15) is 9.59 Å². The van der Waals surface area contributed by atoms with E-state index in [4.69, 9.17) is 0 Å². The van der Waals surface area contributed by atoms with Crippen LogP contribution in [0.15, 0.2) is 34.1 Å². The van der Waals surface area contributed by atoms with Crippen molar-refractivity contribution in [3.05, 3.63) is 45.5 Å². The molecule has 2 aromatic heterocycles. The van der Waals surface area contributed by atoms with Crippen LogP contribution in [0.5, 0.6) is 0 Å². The Morgan fingerprint density at radius 1 is 1.33 bits per heavy atom. The third-order valence-electron chi connectivity index (χ3n) is 1.98. The van der Waals surface area contributed by atoms with Crippen LogP contribution < -0.4 is 15.9 Å². The Labute approximate surface area is 98.3 Å². The Bertz CT molecular complexity index is 592. The molecule has 0 aliphatic carbocycles. The number of hydrogen-bond donors (Lipinski definition) is 1. The third kappa shape index (κ3) is 1.74. The van der Waals surface area contributed by atoms with Crippen molar-refractivity contribution in [3.8, 4) is 5.69 Å². The van der Waals surface area contributed by atoms with E-state index in [1.54, 1.807) is 47.4 Å². The lowest BCUT2D eigenvalue weighted by Crippen LogP contribution is -2.29. The third-order valence-corrected chi connectivity index (χ3v) is 2.63. The Kier molecular flexibility index (Phi) is 2.47. The number of nitrogens with one attached hydrogen (secondary N) is 1. The Morgan fingerprint density at radius 3 is 2.40 bits per heavy atom. The van der Waals surface area contributed by atoms with Gasteiger partial charge in [0.15, 0.2) is 12.4 Å². The minimum Gasteiger partial charge on any atom is -0.246 e. The number of aromatic nitrogens is 4. The SMILES string of the molecule is C[n+]1ccc(-n2c(=O)[nH]n(I)c2=O)cc1. The zero-order valence-corrected chi connectivity index (χ0v) is 10.0. The lowest BCUT2D eigenvalue weighted by Gasteiger charge is -1.95. The van der Waals surface area contributed by atoms with E-state index in [2.05, 4.69) is 5.10 Å². The van der Waals surface area contributed by atoms with Crippen molar-refractivity contribution < 1.29 is 4.57 Å². The molecular formula is C8H8IN4O2+. The molecular weight excluding hydrogens is 311 g/mol. The maximum Gasteiger partial charge on any atom is 0.360 e. The molecule has 0 bridgehead atoms. The van der Waals surface area contributed by atoms with Crippen LogP contribution in [0.3, 0.4) is 0 Å². The number of hydrogen-bond acceptors (Lipinski definition) is 2. The van der Waals surface area contributed by atoms with E-state index < -0.39 is 11.4 Å². The summed E-state index contributed by atoms with van der Waals surface area (Å²) in [5.74, 6) is 0. The molecule has 0 saturated carbocycles. The summed E-state index contributed by atoms with van der Waals surface area (Å²) in [7, 11) is 1.86. The fourth-order valence-electron chi connectivity index (χ4n) is 1.23. The van der Waals surface area contributed by atoms with Gasteiger partial charge in [-0.15, -0.1) is 0 Å². The van der Waals surface area contributed by atoms with Gasteiger partial charge in [-0.05, 0) is 0 Å². The molecule has 0 saturated heterocycles. The molecule has 15 heavy (non-hydrogen) atoms. The summed E-state index contributed by atoms with van der Waals surface area (Å²) in [5.41, 5.74) is -0.285. The lowest BCUT2D eigenvalue weighted by atomic mass is 10.4. The van der Waals surface area contributed by atoms with Crippen LogP contribution in [0.25, 0.3) is 5.69 Å². The van der Waals surface area contributed by atoms with E-state index in [-0.39, 0.29) is 0 Å². The van der Waals surface area contributed by atoms with Gasteiger partial charge in [-0.3, -0.25) is 0 Å². The topological polar surface area (TPSA) is 63.7 Å². The summed E-state index contributed by atoms with van der Waals surface area (Å²) in [5, 5.41) is 2.38. The molecule has 0 fully saturated rings. The molecule has 0 aliphatic heterocycles. The highest BCUT2D eigenvalue weighted by Crippen LogP contribution is 1.97. The molecule has 1 N–H and O–H groups in total. The monoisotopic (exact) mass is 319 g/mol. The highest BCUT2D eigenvalue weighted by molar-refractivity contribution is 14.1. The van der Waals surface area contributed by atoms with Gasteiger partial charge >= 0.3 is 11.4 Å². The van der Waals surface area contributed by atoms with Crippen molar-refractivity contribution >= 4 is 22.9 Å². The van der Waals surface area contributed by atoms with Crippen LogP contribution in [-0.4, -0.2) is 12.6 Å². The van der Waals surface area contributed by atoms with Crippen molar-refractivity contribution in [1.82, 2.24) is 12.6 Å². The fraction of sp³-hybridized carbons (Fsp3) is 0.125. The second kappa shape index (κ2) is 3.65. The standard InChI is InChI=1S/C8H7IN4O2/c1-11-4-2-6(3-5-11)12-7(14)10-13(9)8(12)15/h2-5H,1H3/p+1. The summed E-state index contributed by atoms with van der Waals surface area (Å²) in [6.45, 7) is 0. The maximum atomic E-state index is 11.6. The molecule has 0 spiro atoms. The van der Waals surface area contributed by atoms with Gasteiger partial charge in [-0.1, -0.05) is 0 Å². The smallest absolute Gasteiger partial charge is 0.246 e. The fourth-order valence-corrected chi connectivity index (χ4v) is 1.65. The van der Waals surface area contributed by atoms with Crippen LogP contribution in [-0.2, 0) is 7.05 Å². The molecule has 2 aromatic rings. The number of aromatic amines is 1. The maximum absolute atomic E-state index is 11.6. The predicted molar refractivity (Wildman–Crippen MR) is 61.2 cm³/mol. The average molecular weight is 319 g/mol. The average Bonchev–Trinajstić information content (AvgIpc) is 2.44. The molecule has 2 heterocycles. The number of aryl methyl sites for hydroxylation is 1. The van der Waals surface area contributed by atoms with Crippen molar-refractivity contribution in [2.75, 3.05) is 0 Å². The molecule has 0 amide bonds. The van der Waals surface area contributed by atoms with Crippen LogP contribution >= 0.6 is 22.9 Å². The Hall–Kier alpha value is -1.38. The van der Waals surface area contributed by atoms with Crippen molar-refractivity contribution in [3.63, 3.8) is 0 Å². The first-order chi connectivity index (χ1) is 7.09. The van der Waals surface area contributed by atoms with Gasteiger partial charge in [-0.2, -0.15) is 2.90 Å². The van der Waals surface area contributed by atoms with Gasteiger partial charge in [-0.25, -0.2) is 23.8 Å². The van der Waals surface area contributed by atoms with Crippen LogP contribution in [0, 0.1) is 0 Å². The molecule has 0 radical (unpaired) electrons. The second-order valence-corrected chi connectivity index (χ2v) is 4.00. The number of halogens is 1. The molecule has 0 atom stereocenters. The summed E-state index contributed by atoms with van der Waals surface area (Å²) in [6.07, 6.45) is 3.54.